The molecule has 104 valence electrons. The molecule has 1 atom stereocenters. The fraction of sp³-hybridized carbons (Fsp3) is 0.429. The molecule has 1 rings (SSSR count). The van der Waals surface area contributed by atoms with E-state index >= 15 is 0 Å². The number of rotatable bonds is 7. The van der Waals surface area contributed by atoms with Gasteiger partial charge in [0.1, 0.15) is 5.78 Å². The number of hydrogen-bond acceptors (Lipinski definition) is 4. The van der Waals surface area contributed by atoms with E-state index in [2.05, 4.69) is 4.74 Å². The molecule has 0 aliphatic heterocycles. The van der Waals surface area contributed by atoms with Crippen molar-refractivity contribution in [2.24, 2.45) is 0 Å². The Balaban J connectivity index is 2.38. The van der Waals surface area contributed by atoms with Crippen LogP contribution in [0.25, 0.3) is 0 Å². The molecule has 1 aromatic rings. The van der Waals surface area contributed by atoms with Crippen molar-refractivity contribution in [2.75, 3.05) is 12.9 Å². The summed E-state index contributed by atoms with van der Waals surface area (Å²) in [6.45, 7) is 1.95. The topological polar surface area (TPSA) is 60.4 Å². The Morgan fingerprint density at radius 1 is 1.16 bits per heavy atom. The van der Waals surface area contributed by atoms with Crippen LogP contribution in [0.1, 0.15) is 24.8 Å². The van der Waals surface area contributed by atoms with E-state index in [0.29, 0.717) is 11.3 Å². The second kappa shape index (κ2) is 7.84. The van der Waals surface area contributed by atoms with Gasteiger partial charge in [-0.25, -0.2) is 0 Å². The van der Waals surface area contributed by atoms with Crippen LogP contribution < -0.4 is 0 Å². The number of ether oxygens (including phenoxy) is 1. The fourth-order valence-corrected chi connectivity index (χ4v) is 2.57. The Morgan fingerprint density at radius 2 is 1.79 bits per heavy atom. The zero-order chi connectivity index (χ0) is 14.3. The summed E-state index contributed by atoms with van der Waals surface area (Å²) in [5, 5.41) is 0. The number of carbonyl (C=O) groups is 2. The normalized spacial score (nSPS) is 11.9. The van der Waals surface area contributed by atoms with E-state index in [1.807, 2.05) is 19.1 Å². The standard InChI is InChI=1S/C14H18O4S/c1-11-6-8-13(9-7-11)19(17)10-12(15)4-3-5-14(16)18-2/h6-9H,3-5,10H2,1-2H3/t19-/m0/s1. The summed E-state index contributed by atoms with van der Waals surface area (Å²) in [5.41, 5.74) is 1.09. The zero-order valence-corrected chi connectivity index (χ0v) is 12.0. The Hall–Kier alpha value is -1.49. The molecule has 0 fully saturated rings. The van der Waals surface area contributed by atoms with Gasteiger partial charge in [0.2, 0.25) is 0 Å². The smallest absolute Gasteiger partial charge is 0.305 e. The maximum Gasteiger partial charge on any atom is 0.305 e. The average molecular weight is 282 g/mol. The molecule has 0 amide bonds. The van der Waals surface area contributed by atoms with Gasteiger partial charge in [-0.3, -0.25) is 13.8 Å². The molecule has 19 heavy (non-hydrogen) atoms. The number of benzene rings is 1. The van der Waals surface area contributed by atoms with Crippen LogP contribution in [0, 0.1) is 6.92 Å². The molecule has 0 bridgehead atoms. The highest BCUT2D eigenvalue weighted by atomic mass is 32.2. The lowest BCUT2D eigenvalue weighted by molar-refractivity contribution is -0.140. The monoisotopic (exact) mass is 282 g/mol. The van der Waals surface area contributed by atoms with Crippen LogP contribution in [0.4, 0.5) is 0 Å². The number of methoxy groups -OCH3 is 1. The first-order chi connectivity index (χ1) is 9.02. The third-order valence-corrected chi connectivity index (χ3v) is 4.02. The minimum absolute atomic E-state index is 0.00420. The van der Waals surface area contributed by atoms with Crippen molar-refractivity contribution in [3.63, 3.8) is 0 Å². The van der Waals surface area contributed by atoms with Gasteiger partial charge in [-0.2, -0.15) is 0 Å². The SMILES string of the molecule is COC(=O)CCCC(=O)C[S@](=O)c1ccc(C)cc1. The number of ketones is 1. The molecular weight excluding hydrogens is 264 g/mol. The van der Waals surface area contributed by atoms with Crippen molar-refractivity contribution in [1.82, 2.24) is 0 Å². The third-order valence-electron chi connectivity index (χ3n) is 2.64. The highest BCUT2D eigenvalue weighted by Gasteiger charge is 2.11. The summed E-state index contributed by atoms with van der Waals surface area (Å²) in [7, 11) is 0.0126. The Bertz CT molecular complexity index is 465. The van der Waals surface area contributed by atoms with Gasteiger partial charge in [-0.05, 0) is 25.5 Å². The third kappa shape index (κ3) is 5.79. The molecule has 1 aromatic carbocycles. The summed E-state index contributed by atoms with van der Waals surface area (Å²) < 4.78 is 16.4. The van der Waals surface area contributed by atoms with Crippen molar-refractivity contribution in [2.45, 2.75) is 31.1 Å². The molecule has 0 heterocycles. The van der Waals surface area contributed by atoms with Gasteiger partial charge in [0.25, 0.3) is 0 Å². The van der Waals surface area contributed by atoms with E-state index in [-0.39, 0.29) is 30.3 Å². The van der Waals surface area contributed by atoms with Crippen molar-refractivity contribution >= 4 is 22.6 Å². The van der Waals surface area contributed by atoms with Crippen molar-refractivity contribution in [1.29, 1.82) is 0 Å². The van der Waals surface area contributed by atoms with Crippen molar-refractivity contribution in [3.05, 3.63) is 29.8 Å². The van der Waals surface area contributed by atoms with E-state index in [4.69, 9.17) is 0 Å². The lowest BCUT2D eigenvalue weighted by Gasteiger charge is -2.03. The molecule has 0 aliphatic rings. The van der Waals surface area contributed by atoms with Crippen LogP contribution in [0.5, 0.6) is 0 Å². The van der Waals surface area contributed by atoms with E-state index in [9.17, 15) is 13.8 Å². The Morgan fingerprint density at radius 3 is 2.37 bits per heavy atom. The van der Waals surface area contributed by atoms with Crippen LogP contribution in [0.3, 0.4) is 0 Å². The molecule has 0 aromatic heterocycles. The van der Waals surface area contributed by atoms with Gasteiger partial charge < -0.3 is 4.74 Å². The lowest BCUT2D eigenvalue weighted by atomic mass is 10.2. The molecule has 0 N–H and O–H groups in total. The van der Waals surface area contributed by atoms with Crippen LogP contribution in [-0.2, 0) is 25.1 Å². The molecule has 0 saturated heterocycles. The highest BCUT2D eigenvalue weighted by Crippen LogP contribution is 2.09. The second-order valence-electron chi connectivity index (χ2n) is 4.27. The molecular formula is C14H18O4S. The fourth-order valence-electron chi connectivity index (χ4n) is 1.52. The summed E-state index contributed by atoms with van der Waals surface area (Å²) in [6, 6.07) is 7.28. The summed E-state index contributed by atoms with van der Waals surface area (Å²) in [5.74, 6) is -0.417. The number of Topliss-reactive ketones (excluding diaryl/α,β-unsaturated/α-hetero) is 1. The summed E-state index contributed by atoms with van der Waals surface area (Å²) >= 11 is 0. The molecule has 0 aliphatic carbocycles. The lowest BCUT2D eigenvalue weighted by Crippen LogP contribution is -2.11. The van der Waals surface area contributed by atoms with Crippen LogP contribution in [-0.4, -0.2) is 28.8 Å². The van der Waals surface area contributed by atoms with Crippen LogP contribution >= 0.6 is 0 Å². The van der Waals surface area contributed by atoms with Gasteiger partial charge in [0.15, 0.2) is 0 Å². The summed E-state index contributed by atoms with van der Waals surface area (Å²) in [6.07, 6.45) is 0.919. The first kappa shape index (κ1) is 15.6. The van der Waals surface area contributed by atoms with E-state index in [0.717, 1.165) is 5.56 Å². The molecule has 4 nitrogen and oxygen atoms in total. The average Bonchev–Trinajstić information content (AvgIpc) is 2.39. The minimum Gasteiger partial charge on any atom is -0.469 e. The number of hydrogen-bond donors (Lipinski definition) is 0. The summed E-state index contributed by atoms with van der Waals surface area (Å²) in [4.78, 5) is 23.2. The van der Waals surface area contributed by atoms with Crippen molar-refractivity contribution in [3.8, 4) is 0 Å². The van der Waals surface area contributed by atoms with Crippen LogP contribution in [0.2, 0.25) is 0 Å². The Kier molecular flexibility index (Phi) is 6.42. The number of carbonyl (C=O) groups excluding carboxylic acids is 2. The zero-order valence-electron chi connectivity index (χ0n) is 11.2. The van der Waals surface area contributed by atoms with Gasteiger partial charge in [0, 0.05) is 17.7 Å². The molecule has 0 spiro atoms. The predicted octanol–water partition coefficient (Wildman–Crippen LogP) is 2.02. The number of aryl methyl sites for hydroxylation is 1. The first-order valence-corrected chi connectivity index (χ1v) is 7.38. The minimum atomic E-state index is -1.30. The van der Waals surface area contributed by atoms with E-state index in [1.165, 1.54) is 7.11 Å². The molecule has 5 heteroatoms. The van der Waals surface area contributed by atoms with Gasteiger partial charge in [-0.15, -0.1) is 0 Å². The van der Waals surface area contributed by atoms with Gasteiger partial charge in [-0.1, -0.05) is 17.7 Å². The highest BCUT2D eigenvalue weighted by molar-refractivity contribution is 7.85. The van der Waals surface area contributed by atoms with Crippen LogP contribution in [0.15, 0.2) is 29.2 Å². The maximum atomic E-state index is 11.9. The number of esters is 1. The Labute approximate surface area is 115 Å². The van der Waals surface area contributed by atoms with E-state index < -0.39 is 10.8 Å². The van der Waals surface area contributed by atoms with E-state index in [1.54, 1.807) is 12.1 Å². The van der Waals surface area contributed by atoms with Gasteiger partial charge in [0.05, 0.1) is 23.7 Å². The van der Waals surface area contributed by atoms with Gasteiger partial charge >= 0.3 is 5.97 Å². The second-order valence-corrected chi connectivity index (χ2v) is 5.72. The predicted molar refractivity (Wildman–Crippen MR) is 73.3 cm³/mol. The maximum absolute atomic E-state index is 11.9. The first-order valence-electron chi connectivity index (χ1n) is 6.06. The molecule has 0 unspecified atom stereocenters. The molecule has 0 saturated carbocycles. The largest absolute Gasteiger partial charge is 0.469 e. The van der Waals surface area contributed by atoms with Crippen molar-refractivity contribution < 1.29 is 18.5 Å². The molecule has 0 radical (unpaired) electrons. The quantitative estimate of drug-likeness (QED) is 0.718.